The first-order valence-corrected chi connectivity index (χ1v) is 15.2. The molecule has 0 aromatic heterocycles. The van der Waals surface area contributed by atoms with Gasteiger partial charge in [-0.25, -0.2) is 8.42 Å². The first-order valence-electron chi connectivity index (χ1n) is 13.8. The topological polar surface area (TPSA) is 86.8 Å². The summed E-state index contributed by atoms with van der Waals surface area (Å²) in [5, 5.41) is 2.95. The largest absolute Gasteiger partial charge is 0.352 e. The van der Waals surface area contributed by atoms with Crippen LogP contribution in [0.3, 0.4) is 0 Å². The number of carbonyl (C=O) groups is 2. The molecule has 0 aliphatic carbocycles. The minimum absolute atomic E-state index is 0.0549. The van der Waals surface area contributed by atoms with Crippen molar-refractivity contribution in [3.63, 3.8) is 0 Å². The van der Waals surface area contributed by atoms with Crippen LogP contribution < -0.4 is 9.62 Å². The van der Waals surface area contributed by atoms with Crippen molar-refractivity contribution in [3.05, 3.63) is 95.6 Å². The second-order valence-electron chi connectivity index (χ2n) is 10.6. The van der Waals surface area contributed by atoms with E-state index in [-0.39, 0.29) is 29.3 Å². The van der Waals surface area contributed by atoms with Crippen molar-refractivity contribution >= 4 is 27.5 Å². The van der Waals surface area contributed by atoms with Crippen LogP contribution in [0.15, 0.2) is 83.8 Å². The lowest BCUT2D eigenvalue weighted by molar-refractivity contribution is -0.139. The number of aryl methyl sites for hydroxylation is 1. The van der Waals surface area contributed by atoms with Gasteiger partial charge in [0.15, 0.2) is 0 Å². The highest BCUT2D eigenvalue weighted by atomic mass is 32.2. The number of benzene rings is 3. The highest BCUT2D eigenvalue weighted by Gasteiger charge is 2.32. The number of anilines is 1. The highest BCUT2D eigenvalue weighted by molar-refractivity contribution is 7.92. The van der Waals surface area contributed by atoms with Crippen molar-refractivity contribution in [1.29, 1.82) is 0 Å². The van der Waals surface area contributed by atoms with Crippen molar-refractivity contribution in [1.82, 2.24) is 10.2 Å². The first-order chi connectivity index (χ1) is 18.9. The average molecular weight is 564 g/mol. The zero-order valence-electron chi connectivity index (χ0n) is 24.3. The van der Waals surface area contributed by atoms with E-state index in [1.54, 1.807) is 37.3 Å². The van der Waals surface area contributed by atoms with Gasteiger partial charge >= 0.3 is 0 Å². The molecule has 40 heavy (non-hydrogen) atoms. The summed E-state index contributed by atoms with van der Waals surface area (Å²) in [5.41, 5.74) is 3.37. The van der Waals surface area contributed by atoms with Crippen LogP contribution in [0.1, 0.15) is 63.6 Å². The van der Waals surface area contributed by atoms with E-state index in [4.69, 9.17) is 0 Å². The van der Waals surface area contributed by atoms with E-state index in [2.05, 4.69) is 19.2 Å². The van der Waals surface area contributed by atoms with E-state index in [1.807, 2.05) is 57.2 Å². The summed E-state index contributed by atoms with van der Waals surface area (Å²) in [6.45, 7) is 11.4. The first kappa shape index (κ1) is 30.9. The number of nitrogens with zero attached hydrogens (tertiary/aromatic N) is 2. The van der Waals surface area contributed by atoms with Crippen LogP contribution in [0.25, 0.3) is 0 Å². The third-order valence-corrected chi connectivity index (χ3v) is 8.89. The maximum atomic E-state index is 14.0. The normalized spacial score (nSPS) is 13.0. The summed E-state index contributed by atoms with van der Waals surface area (Å²) < 4.78 is 28.9. The lowest BCUT2D eigenvalue weighted by Gasteiger charge is -2.32. The molecule has 0 aliphatic heterocycles. The van der Waals surface area contributed by atoms with Gasteiger partial charge in [0.1, 0.15) is 12.6 Å². The SMILES string of the molecule is CC[C@H](C)NC(=O)[C@@H](C)N(Cc1ccc(C)cc1)C(=O)CN(c1ccc(C(C)C)cc1)S(=O)(=O)c1ccccc1. The van der Waals surface area contributed by atoms with Gasteiger partial charge < -0.3 is 10.2 Å². The molecule has 0 aliphatic rings. The Morgan fingerprint density at radius 3 is 2.00 bits per heavy atom. The summed E-state index contributed by atoms with van der Waals surface area (Å²) in [4.78, 5) is 28.7. The van der Waals surface area contributed by atoms with Crippen LogP contribution in [-0.4, -0.2) is 43.8 Å². The fourth-order valence-corrected chi connectivity index (χ4v) is 5.65. The molecule has 7 nitrogen and oxygen atoms in total. The number of amides is 2. The molecule has 0 spiro atoms. The van der Waals surface area contributed by atoms with Gasteiger partial charge in [-0.05, 0) is 68.5 Å². The fraction of sp³-hybridized carbons (Fsp3) is 0.375. The maximum absolute atomic E-state index is 14.0. The quantitative estimate of drug-likeness (QED) is 0.309. The average Bonchev–Trinajstić information content (AvgIpc) is 2.95. The Balaban J connectivity index is 2.02. The van der Waals surface area contributed by atoms with E-state index in [1.165, 1.54) is 17.0 Å². The number of rotatable bonds is 12. The van der Waals surface area contributed by atoms with Gasteiger partial charge in [-0.15, -0.1) is 0 Å². The second-order valence-corrected chi connectivity index (χ2v) is 12.4. The molecule has 3 rings (SSSR count). The Hall–Kier alpha value is -3.65. The Bertz CT molecular complexity index is 1370. The van der Waals surface area contributed by atoms with Gasteiger partial charge in [0.25, 0.3) is 10.0 Å². The Morgan fingerprint density at radius 2 is 1.45 bits per heavy atom. The van der Waals surface area contributed by atoms with E-state index >= 15 is 0 Å². The molecule has 0 unspecified atom stereocenters. The molecule has 0 fully saturated rings. The van der Waals surface area contributed by atoms with Crippen LogP contribution in [0.2, 0.25) is 0 Å². The van der Waals surface area contributed by atoms with Gasteiger partial charge in [-0.1, -0.05) is 80.9 Å². The van der Waals surface area contributed by atoms with Crippen molar-refractivity contribution in [3.8, 4) is 0 Å². The van der Waals surface area contributed by atoms with Gasteiger partial charge in [0, 0.05) is 12.6 Å². The molecule has 1 N–H and O–H groups in total. The van der Waals surface area contributed by atoms with Crippen LogP contribution in [0.4, 0.5) is 5.69 Å². The Kier molecular flexibility index (Phi) is 10.5. The molecule has 2 amide bonds. The molecular formula is C32H41N3O4S. The van der Waals surface area contributed by atoms with Crippen LogP contribution in [0, 0.1) is 6.92 Å². The summed E-state index contributed by atoms with van der Waals surface area (Å²) in [6, 6.07) is 22.2. The van der Waals surface area contributed by atoms with Crippen LogP contribution in [0.5, 0.6) is 0 Å². The summed E-state index contributed by atoms with van der Waals surface area (Å²) in [5.74, 6) is -0.488. The van der Waals surface area contributed by atoms with Gasteiger partial charge in [-0.3, -0.25) is 13.9 Å². The van der Waals surface area contributed by atoms with E-state index in [0.717, 1.165) is 27.4 Å². The van der Waals surface area contributed by atoms with Gasteiger partial charge in [0.05, 0.1) is 10.6 Å². The van der Waals surface area contributed by atoms with Crippen LogP contribution >= 0.6 is 0 Å². The number of carbonyl (C=O) groups excluding carboxylic acids is 2. The van der Waals surface area contributed by atoms with Crippen molar-refractivity contribution in [2.75, 3.05) is 10.8 Å². The second kappa shape index (κ2) is 13.6. The Labute approximate surface area is 239 Å². The number of nitrogens with one attached hydrogen (secondary N) is 1. The molecule has 214 valence electrons. The minimum atomic E-state index is -4.08. The highest BCUT2D eigenvalue weighted by Crippen LogP contribution is 2.26. The molecule has 0 bridgehead atoms. The monoisotopic (exact) mass is 563 g/mol. The van der Waals surface area contributed by atoms with Crippen molar-refractivity contribution in [2.24, 2.45) is 0 Å². The third kappa shape index (κ3) is 7.72. The minimum Gasteiger partial charge on any atom is -0.352 e. The number of hydrogen-bond donors (Lipinski definition) is 1. The smallest absolute Gasteiger partial charge is 0.264 e. The van der Waals surface area contributed by atoms with Gasteiger partial charge in [0.2, 0.25) is 11.8 Å². The third-order valence-electron chi connectivity index (χ3n) is 7.10. The summed E-state index contributed by atoms with van der Waals surface area (Å²) in [7, 11) is -4.08. The summed E-state index contributed by atoms with van der Waals surface area (Å²) in [6.07, 6.45) is 0.750. The molecule has 2 atom stereocenters. The van der Waals surface area contributed by atoms with E-state index in [0.29, 0.717) is 5.69 Å². The van der Waals surface area contributed by atoms with E-state index in [9.17, 15) is 18.0 Å². The molecule has 3 aromatic rings. The predicted molar refractivity (Wildman–Crippen MR) is 161 cm³/mol. The lowest BCUT2D eigenvalue weighted by atomic mass is 10.0. The van der Waals surface area contributed by atoms with E-state index < -0.39 is 28.5 Å². The van der Waals surface area contributed by atoms with Crippen molar-refractivity contribution in [2.45, 2.75) is 77.4 Å². The van der Waals surface area contributed by atoms with Crippen molar-refractivity contribution < 1.29 is 18.0 Å². The number of sulfonamides is 1. The molecule has 8 heteroatoms. The predicted octanol–water partition coefficient (Wildman–Crippen LogP) is 5.65. The zero-order chi connectivity index (χ0) is 29.4. The zero-order valence-corrected chi connectivity index (χ0v) is 25.1. The molecule has 0 saturated carbocycles. The van der Waals surface area contributed by atoms with Gasteiger partial charge in [-0.2, -0.15) is 0 Å². The molecule has 0 saturated heterocycles. The number of hydrogen-bond acceptors (Lipinski definition) is 4. The summed E-state index contributed by atoms with van der Waals surface area (Å²) >= 11 is 0. The maximum Gasteiger partial charge on any atom is 0.264 e. The Morgan fingerprint density at radius 1 is 0.850 bits per heavy atom. The molecule has 0 radical (unpaired) electrons. The molecule has 3 aromatic carbocycles. The fourth-order valence-electron chi connectivity index (χ4n) is 4.21. The standard InChI is InChI=1S/C32H41N3O4S/c1-7-25(5)33-32(37)26(6)34(21-27-15-13-24(4)14-16-27)31(36)22-35(29-19-17-28(18-20-29)23(2)3)40(38,39)30-11-9-8-10-12-30/h8-20,23,25-26H,7,21-22H2,1-6H3,(H,33,37)/t25-,26+/m0/s1. The molecular weight excluding hydrogens is 522 g/mol. The molecule has 0 heterocycles. The lowest BCUT2D eigenvalue weighted by Crippen LogP contribution is -2.52. The van der Waals surface area contributed by atoms with Crippen LogP contribution in [-0.2, 0) is 26.2 Å².